The molecule has 1 aliphatic heterocycles. The lowest BCUT2D eigenvalue weighted by atomic mass is 9.99. The van der Waals surface area contributed by atoms with Gasteiger partial charge in [-0.05, 0) is 41.8 Å². The number of alkyl halides is 3. The average molecular weight is 338 g/mol. The fourth-order valence-electron chi connectivity index (χ4n) is 2.84. The average Bonchev–Trinajstić information content (AvgIpc) is 2.59. The number of hydrogen-bond acceptors (Lipinski definition) is 4. The maximum Gasteiger partial charge on any atom is 0.433 e. The topological polar surface area (TPSA) is 34.6 Å². The molecule has 0 unspecified atom stereocenters. The van der Waals surface area contributed by atoms with Gasteiger partial charge in [0, 0.05) is 13.1 Å². The number of benzene rings is 1. The fraction of sp³-hybridized carbons (Fsp3) is 0.353. The highest BCUT2D eigenvalue weighted by atomic mass is 19.4. The number of pyridine rings is 1. The SMILES string of the molecule is COc1cc2c(cc1OC)CN(c1cccc(C(F)(F)F)n1)CC2. The first kappa shape index (κ1) is 16.4. The molecule has 0 fully saturated rings. The van der Waals surface area contributed by atoms with E-state index in [1.54, 1.807) is 20.3 Å². The molecule has 0 saturated heterocycles. The van der Waals surface area contributed by atoms with E-state index < -0.39 is 11.9 Å². The molecule has 0 aliphatic carbocycles. The predicted molar refractivity (Wildman–Crippen MR) is 83.5 cm³/mol. The van der Waals surface area contributed by atoms with Crippen LogP contribution in [0.3, 0.4) is 0 Å². The summed E-state index contributed by atoms with van der Waals surface area (Å²) in [6.07, 6.45) is -3.74. The number of methoxy groups -OCH3 is 2. The molecule has 0 N–H and O–H groups in total. The van der Waals surface area contributed by atoms with E-state index >= 15 is 0 Å². The van der Waals surface area contributed by atoms with Crippen LogP contribution in [0, 0.1) is 0 Å². The molecule has 0 radical (unpaired) electrons. The molecule has 24 heavy (non-hydrogen) atoms. The van der Waals surface area contributed by atoms with E-state index in [-0.39, 0.29) is 0 Å². The second kappa shape index (κ2) is 6.22. The van der Waals surface area contributed by atoms with Gasteiger partial charge in [-0.1, -0.05) is 6.07 Å². The van der Waals surface area contributed by atoms with Gasteiger partial charge in [-0.3, -0.25) is 0 Å². The summed E-state index contributed by atoms with van der Waals surface area (Å²) in [5.74, 6) is 1.59. The second-order valence-electron chi connectivity index (χ2n) is 5.53. The highest BCUT2D eigenvalue weighted by Crippen LogP contribution is 2.35. The smallest absolute Gasteiger partial charge is 0.433 e. The van der Waals surface area contributed by atoms with Crippen LogP contribution in [-0.2, 0) is 19.1 Å². The number of fused-ring (bicyclic) bond motifs is 1. The molecule has 4 nitrogen and oxygen atoms in total. The van der Waals surface area contributed by atoms with E-state index in [9.17, 15) is 13.2 Å². The number of halogens is 3. The van der Waals surface area contributed by atoms with Gasteiger partial charge >= 0.3 is 6.18 Å². The van der Waals surface area contributed by atoms with Crippen molar-refractivity contribution in [1.82, 2.24) is 4.98 Å². The molecule has 2 heterocycles. The molecular formula is C17H17F3N2O2. The second-order valence-corrected chi connectivity index (χ2v) is 5.53. The summed E-state index contributed by atoms with van der Waals surface area (Å²) in [6.45, 7) is 1.07. The number of ether oxygens (including phenoxy) is 2. The largest absolute Gasteiger partial charge is 0.493 e. The van der Waals surface area contributed by atoms with Crippen LogP contribution in [0.1, 0.15) is 16.8 Å². The Morgan fingerprint density at radius 3 is 2.33 bits per heavy atom. The Balaban J connectivity index is 1.90. The van der Waals surface area contributed by atoms with Gasteiger partial charge in [-0.2, -0.15) is 13.2 Å². The van der Waals surface area contributed by atoms with Crippen molar-refractivity contribution in [2.24, 2.45) is 0 Å². The van der Waals surface area contributed by atoms with Crippen LogP contribution >= 0.6 is 0 Å². The highest BCUT2D eigenvalue weighted by Gasteiger charge is 2.33. The first-order chi connectivity index (χ1) is 11.4. The van der Waals surface area contributed by atoms with E-state index in [0.29, 0.717) is 36.8 Å². The third-order valence-corrected chi connectivity index (χ3v) is 4.07. The van der Waals surface area contributed by atoms with E-state index in [4.69, 9.17) is 9.47 Å². The van der Waals surface area contributed by atoms with Crippen molar-refractivity contribution in [1.29, 1.82) is 0 Å². The molecule has 2 aromatic rings. The van der Waals surface area contributed by atoms with Gasteiger partial charge in [0.1, 0.15) is 11.5 Å². The Morgan fingerprint density at radius 2 is 1.71 bits per heavy atom. The summed E-state index contributed by atoms with van der Waals surface area (Å²) in [7, 11) is 3.13. The minimum atomic E-state index is -4.44. The molecule has 7 heteroatoms. The minimum Gasteiger partial charge on any atom is -0.493 e. The summed E-state index contributed by atoms with van der Waals surface area (Å²) in [6, 6.07) is 7.75. The van der Waals surface area contributed by atoms with Crippen molar-refractivity contribution in [2.45, 2.75) is 19.1 Å². The van der Waals surface area contributed by atoms with E-state index in [0.717, 1.165) is 17.2 Å². The third-order valence-electron chi connectivity index (χ3n) is 4.07. The maximum absolute atomic E-state index is 12.8. The van der Waals surface area contributed by atoms with Crippen LogP contribution in [0.5, 0.6) is 11.5 Å². The standard InChI is InChI=1S/C17H17F3N2O2/c1-23-13-8-11-6-7-22(10-12(11)9-14(13)24-2)16-5-3-4-15(21-16)17(18,19)20/h3-5,8-9H,6-7,10H2,1-2H3. The predicted octanol–water partition coefficient (Wildman–Crippen LogP) is 3.68. The molecule has 0 saturated carbocycles. The van der Waals surface area contributed by atoms with Crippen LogP contribution in [0.4, 0.5) is 19.0 Å². The van der Waals surface area contributed by atoms with Gasteiger partial charge in [0.2, 0.25) is 0 Å². The number of aromatic nitrogens is 1. The number of anilines is 1. The van der Waals surface area contributed by atoms with Gasteiger partial charge < -0.3 is 14.4 Å². The minimum absolute atomic E-state index is 0.324. The Morgan fingerprint density at radius 1 is 1.04 bits per heavy atom. The quantitative estimate of drug-likeness (QED) is 0.855. The third kappa shape index (κ3) is 3.11. The van der Waals surface area contributed by atoms with Crippen molar-refractivity contribution in [3.63, 3.8) is 0 Å². The van der Waals surface area contributed by atoms with Crippen molar-refractivity contribution >= 4 is 5.82 Å². The van der Waals surface area contributed by atoms with Crippen LogP contribution in [0.2, 0.25) is 0 Å². The Kier molecular flexibility index (Phi) is 4.26. The molecule has 128 valence electrons. The van der Waals surface area contributed by atoms with E-state index in [1.165, 1.54) is 6.07 Å². The number of nitrogens with zero attached hydrogens (tertiary/aromatic N) is 2. The summed E-state index contributed by atoms with van der Waals surface area (Å²) < 4.78 is 49.1. The lowest BCUT2D eigenvalue weighted by Gasteiger charge is -2.30. The zero-order valence-corrected chi connectivity index (χ0v) is 13.4. The molecular weight excluding hydrogens is 321 g/mol. The van der Waals surface area contributed by atoms with E-state index in [2.05, 4.69) is 4.98 Å². The van der Waals surface area contributed by atoms with Crippen LogP contribution in [-0.4, -0.2) is 25.7 Å². The molecule has 1 aromatic heterocycles. The van der Waals surface area contributed by atoms with Crippen molar-refractivity contribution in [3.8, 4) is 11.5 Å². The first-order valence-electron chi connectivity index (χ1n) is 7.45. The molecule has 0 spiro atoms. The van der Waals surface area contributed by atoms with Gasteiger partial charge in [-0.25, -0.2) is 4.98 Å². The number of hydrogen-bond donors (Lipinski definition) is 0. The van der Waals surface area contributed by atoms with Crippen LogP contribution in [0.15, 0.2) is 30.3 Å². The van der Waals surface area contributed by atoms with Gasteiger partial charge in [0.05, 0.1) is 14.2 Å². The lowest BCUT2D eigenvalue weighted by Crippen LogP contribution is -2.31. The zero-order chi connectivity index (χ0) is 17.3. The Hall–Kier alpha value is -2.44. The van der Waals surface area contributed by atoms with Crippen molar-refractivity contribution in [2.75, 3.05) is 25.7 Å². The first-order valence-corrected chi connectivity index (χ1v) is 7.45. The van der Waals surface area contributed by atoms with E-state index in [1.807, 2.05) is 17.0 Å². The molecule has 1 aromatic carbocycles. The maximum atomic E-state index is 12.8. The van der Waals surface area contributed by atoms with Gasteiger partial charge in [0.15, 0.2) is 11.5 Å². The van der Waals surface area contributed by atoms with Crippen molar-refractivity contribution in [3.05, 3.63) is 47.2 Å². The lowest BCUT2D eigenvalue weighted by molar-refractivity contribution is -0.141. The Bertz CT molecular complexity index is 747. The fourth-order valence-corrected chi connectivity index (χ4v) is 2.84. The molecule has 3 rings (SSSR count). The number of rotatable bonds is 3. The summed E-state index contributed by atoms with van der Waals surface area (Å²) in [5.41, 5.74) is 1.23. The monoisotopic (exact) mass is 338 g/mol. The van der Waals surface area contributed by atoms with Crippen LogP contribution in [0.25, 0.3) is 0 Å². The van der Waals surface area contributed by atoms with Gasteiger partial charge in [-0.15, -0.1) is 0 Å². The summed E-state index contributed by atoms with van der Waals surface area (Å²) >= 11 is 0. The summed E-state index contributed by atoms with van der Waals surface area (Å²) in [4.78, 5) is 5.60. The molecule has 0 atom stereocenters. The highest BCUT2D eigenvalue weighted by molar-refractivity contribution is 5.52. The molecule has 0 amide bonds. The van der Waals surface area contributed by atoms with Crippen LogP contribution < -0.4 is 14.4 Å². The molecule has 0 bridgehead atoms. The van der Waals surface area contributed by atoms with Crippen molar-refractivity contribution < 1.29 is 22.6 Å². The summed E-state index contributed by atoms with van der Waals surface area (Å²) in [5, 5.41) is 0. The Labute approximate surface area is 137 Å². The normalized spacial score (nSPS) is 14.3. The zero-order valence-electron chi connectivity index (χ0n) is 13.4. The van der Waals surface area contributed by atoms with Gasteiger partial charge in [0.25, 0.3) is 0 Å². The molecule has 1 aliphatic rings.